The summed E-state index contributed by atoms with van der Waals surface area (Å²) in [4.78, 5) is 10.4. The molecule has 0 aliphatic carbocycles. The SMILES string of the molecule is CCC(=O)NCOCO. The molecule has 0 saturated heterocycles. The monoisotopic (exact) mass is 133 g/mol. The van der Waals surface area contributed by atoms with E-state index in [1.165, 1.54) is 0 Å². The van der Waals surface area contributed by atoms with Crippen molar-refractivity contribution in [3.8, 4) is 0 Å². The van der Waals surface area contributed by atoms with E-state index >= 15 is 0 Å². The largest absolute Gasteiger partial charge is 0.371 e. The topological polar surface area (TPSA) is 58.6 Å². The summed E-state index contributed by atoms with van der Waals surface area (Å²) in [6.07, 6.45) is 0.439. The summed E-state index contributed by atoms with van der Waals surface area (Å²) in [7, 11) is 0. The van der Waals surface area contributed by atoms with Crippen LogP contribution in [0.5, 0.6) is 0 Å². The van der Waals surface area contributed by atoms with Crippen molar-refractivity contribution in [2.45, 2.75) is 13.3 Å². The Hall–Kier alpha value is -0.610. The number of carbonyl (C=O) groups excluding carboxylic acids is 1. The standard InChI is InChI=1S/C5H11NO3/c1-2-5(8)6-3-9-4-7/h7H,2-4H2,1H3,(H,6,8). The van der Waals surface area contributed by atoms with E-state index in [2.05, 4.69) is 10.1 Å². The van der Waals surface area contributed by atoms with Crippen LogP contribution in [-0.2, 0) is 9.53 Å². The van der Waals surface area contributed by atoms with E-state index in [0.29, 0.717) is 6.42 Å². The van der Waals surface area contributed by atoms with Crippen LogP contribution in [0.3, 0.4) is 0 Å². The van der Waals surface area contributed by atoms with Crippen molar-refractivity contribution >= 4 is 5.91 Å². The summed E-state index contributed by atoms with van der Waals surface area (Å²) < 4.78 is 4.43. The number of hydrogen-bond acceptors (Lipinski definition) is 3. The van der Waals surface area contributed by atoms with Crippen molar-refractivity contribution in [2.75, 3.05) is 13.5 Å². The van der Waals surface area contributed by atoms with E-state index < -0.39 is 0 Å². The Bertz CT molecular complexity index is 84.3. The minimum absolute atomic E-state index is 0.0801. The molecule has 0 heterocycles. The Kier molecular flexibility index (Phi) is 5.15. The lowest BCUT2D eigenvalue weighted by molar-refractivity contribution is -0.123. The molecular weight excluding hydrogens is 122 g/mol. The van der Waals surface area contributed by atoms with E-state index in [0.717, 1.165) is 0 Å². The van der Waals surface area contributed by atoms with Crippen LogP contribution in [0, 0.1) is 0 Å². The first kappa shape index (κ1) is 8.39. The maximum atomic E-state index is 10.4. The normalized spacial score (nSPS) is 9.11. The summed E-state index contributed by atoms with van der Waals surface area (Å²) in [6, 6.07) is 0. The lowest BCUT2D eigenvalue weighted by atomic mass is 10.5. The molecule has 2 N–H and O–H groups in total. The van der Waals surface area contributed by atoms with E-state index in [1.54, 1.807) is 6.92 Å². The highest BCUT2D eigenvalue weighted by atomic mass is 16.6. The van der Waals surface area contributed by atoms with Crippen LogP contribution in [0.15, 0.2) is 0 Å². The van der Waals surface area contributed by atoms with Crippen LogP contribution in [0.1, 0.15) is 13.3 Å². The summed E-state index contributed by atoms with van der Waals surface area (Å²) in [6.45, 7) is 1.47. The Morgan fingerprint density at radius 2 is 2.44 bits per heavy atom. The maximum absolute atomic E-state index is 10.4. The number of ether oxygens (including phenoxy) is 1. The molecule has 0 radical (unpaired) electrons. The van der Waals surface area contributed by atoms with Crippen molar-refractivity contribution in [1.29, 1.82) is 0 Å². The molecule has 0 rings (SSSR count). The first-order chi connectivity index (χ1) is 4.31. The van der Waals surface area contributed by atoms with Crippen LogP contribution >= 0.6 is 0 Å². The number of nitrogens with one attached hydrogen (secondary N) is 1. The quantitative estimate of drug-likeness (QED) is 0.399. The first-order valence-electron chi connectivity index (χ1n) is 2.76. The van der Waals surface area contributed by atoms with Gasteiger partial charge in [-0.3, -0.25) is 4.79 Å². The number of amides is 1. The molecule has 1 amide bonds. The number of aliphatic hydroxyl groups excluding tert-OH is 1. The van der Waals surface area contributed by atoms with Crippen molar-refractivity contribution in [1.82, 2.24) is 5.32 Å². The second-order valence-electron chi connectivity index (χ2n) is 1.43. The highest BCUT2D eigenvalue weighted by Crippen LogP contribution is 1.73. The summed E-state index contributed by atoms with van der Waals surface area (Å²) in [5.41, 5.74) is 0. The minimum atomic E-state index is -0.357. The van der Waals surface area contributed by atoms with Gasteiger partial charge in [-0.1, -0.05) is 6.92 Å². The fourth-order valence-corrected chi connectivity index (χ4v) is 0.302. The van der Waals surface area contributed by atoms with Crippen LogP contribution < -0.4 is 5.32 Å². The van der Waals surface area contributed by atoms with Crippen molar-refractivity contribution in [3.05, 3.63) is 0 Å². The van der Waals surface area contributed by atoms with Crippen molar-refractivity contribution in [2.24, 2.45) is 0 Å². The molecule has 0 aromatic heterocycles. The Morgan fingerprint density at radius 1 is 1.78 bits per heavy atom. The van der Waals surface area contributed by atoms with Crippen LogP contribution in [0.2, 0.25) is 0 Å². The molecule has 0 unspecified atom stereocenters. The molecule has 0 aliphatic heterocycles. The number of hydrogen-bond donors (Lipinski definition) is 2. The molecule has 0 aromatic carbocycles. The van der Waals surface area contributed by atoms with Crippen molar-refractivity contribution in [3.63, 3.8) is 0 Å². The summed E-state index contributed by atoms with van der Waals surface area (Å²) >= 11 is 0. The smallest absolute Gasteiger partial charge is 0.221 e. The highest BCUT2D eigenvalue weighted by molar-refractivity contribution is 5.75. The van der Waals surface area contributed by atoms with Gasteiger partial charge in [0, 0.05) is 6.42 Å². The predicted octanol–water partition coefficient (Wildman–Crippen LogP) is -0.564. The van der Waals surface area contributed by atoms with Crippen LogP contribution in [0.4, 0.5) is 0 Å². The minimum Gasteiger partial charge on any atom is -0.371 e. The molecule has 0 fully saturated rings. The van der Waals surface area contributed by atoms with Gasteiger partial charge in [0.1, 0.15) is 13.5 Å². The third kappa shape index (κ3) is 5.26. The lowest BCUT2D eigenvalue weighted by Crippen LogP contribution is -2.25. The van der Waals surface area contributed by atoms with Gasteiger partial charge in [-0.2, -0.15) is 0 Å². The molecule has 54 valence electrons. The van der Waals surface area contributed by atoms with Gasteiger partial charge in [-0.05, 0) is 0 Å². The summed E-state index contributed by atoms with van der Waals surface area (Å²) in [5.74, 6) is -0.0801. The van der Waals surface area contributed by atoms with E-state index in [9.17, 15) is 4.79 Å². The van der Waals surface area contributed by atoms with Crippen LogP contribution in [-0.4, -0.2) is 24.5 Å². The van der Waals surface area contributed by atoms with Gasteiger partial charge in [0.2, 0.25) is 5.91 Å². The van der Waals surface area contributed by atoms with Gasteiger partial charge in [0.15, 0.2) is 0 Å². The zero-order valence-electron chi connectivity index (χ0n) is 5.39. The van der Waals surface area contributed by atoms with Gasteiger partial charge >= 0.3 is 0 Å². The highest BCUT2D eigenvalue weighted by Gasteiger charge is 1.92. The van der Waals surface area contributed by atoms with Crippen molar-refractivity contribution < 1.29 is 14.6 Å². The zero-order chi connectivity index (χ0) is 7.11. The third-order valence-corrected chi connectivity index (χ3v) is 0.784. The van der Waals surface area contributed by atoms with E-state index in [1.807, 2.05) is 0 Å². The van der Waals surface area contributed by atoms with E-state index in [4.69, 9.17) is 5.11 Å². The fourth-order valence-electron chi connectivity index (χ4n) is 0.302. The maximum Gasteiger partial charge on any atom is 0.221 e. The van der Waals surface area contributed by atoms with E-state index in [-0.39, 0.29) is 19.4 Å². The number of aliphatic hydroxyl groups is 1. The Morgan fingerprint density at radius 3 is 2.89 bits per heavy atom. The fraction of sp³-hybridized carbons (Fsp3) is 0.800. The zero-order valence-corrected chi connectivity index (χ0v) is 5.39. The lowest BCUT2D eigenvalue weighted by Gasteiger charge is -2.00. The van der Waals surface area contributed by atoms with Gasteiger partial charge < -0.3 is 15.2 Å². The molecule has 0 saturated carbocycles. The number of carbonyl (C=O) groups is 1. The second kappa shape index (κ2) is 5.53. The average Bonchev–Trinajstić information content (AvgIpc) is 1.89. The molecule has 0 bridgehead atoms. The molecule has 0 spiro atoms. The Labute approximate surface area is 53.8 Å². The second-order valence-corrected chi connectivity index (χ2v) is 1.43. The predicted molar refractivity (Wildman–Crippen MR) is 31.5 cm³/mol. The molecule has 9 heavy (non-hydrogen) atoms. The molecule has 0 aliphatic rings. The van der Waals surface area contributed by atoms with Gasteiger partial charge in [0.25, 0.3) is 0 Å². The molecule has 0 aromatic rings. The molecular formula is C5H11NO3. The first-order valence-corrected chi connectivity index (χ1v) is 2.76. The molecule has 4 heteroatoms. The Balaban J connectivity index is 2.97. The third-order valence-electron chi connectivity index (χ3n) is 0.784. The summed E-state index contributed by atoms with van der Waals surface area (Å²) in [5, 5.41) is 10.5. The van der Waals surface area contributed by atoms with Crippen LogP contribution in [0.25, 0.3) is 0 Å². The number of rotatable bonds is 4. The average molecular weight is 133 g/mol. The molecule has 0 atom stereocenters. The molecule has 4 nitrogen and oxygen atoms in total. The van der Waals surface area contributed by atoms with Gasteiger partial charge in [-0.25, -0.2) is 0 Å². The van der Waals surface area contributed by atoms with Gasteiger partial charge in [-0.15, -0.1) is 0 Å². The van der Waals surface area contributed by atoms with Gasteiger partial charge in [0.05, 0.1) is 0 Å².